The van der Waals surface area contributed by atoms with Gasteiger partial charge in [-0.15, -0.1) is 0 Å². The second kappa shape index (κ2) is 7.45. The number of carbonyl (C=O) groups excluding carboxylic acids is 1. The lowest BCUT2D eigenvalue weighted by molar-refractivity contribution is 0.0600. The monoisotopic (exact) mass is 384 g/mol. The van der Waals surface area contributed by atoms with E-state index in [1.54, 1.807) is 12.3 Å². The predicted octanol–water partition coefficient (Wildman–Crippen LogP) is 4.07. The fraction of sp³-hybridized carbons (Fsp3) is 0.158. The van der Waals surface area contributed by atoms with Gasteiger partial charge in [0.25, 0.3) is 0 Å². The van der Waals surface area contributed by atoms with Crippen molar-refractivity contribution in [2.45, 2.75) is 13.0 Å². The van der Waals surface area contributed by atoms with Crippen molar-refractivity contribution in [3.8, 4) is 0 Å². The number of carbonyl (C=O) groups is 1. The Kier molecular flexibility index (Phi) is 5.11. The van der Waals surface area contributed by atoms with Crippen LogP contribution in [0.5, 0.6) is 0 Å². The van der Waals surface area contributed by atoms with E-state index in [9.17, 15) is 4.79 Å². The van der Waals surface area contributed by atoms with Crippen molar-refractivity contribution in [1.29, 1.82) is 0 Å². The van der Waals surface area contributed by atoms with Crippen LogP contribution in [0, 0.1) is 0 Å². The topological polar surface area (TPSA) is 44.1 Å². The largest absolute Gasteiger partial charge is 0.465 e. The minimum absolute atomic E-state index is 0.322. The molecule has 1 heterocycles. The molecule has 2 aromatic carbocycles. The highest BCUT2D eigenvalue weighted by atomic mass is 79.9. The number of esters is 1. The van der Waals surface area contributed by atoms with Gasteiger partial charge in [-0.25, -0.2) is 9.78 Å². The van der Waals surface area contributed by atoms with Crippen molar-refractivity contribution >= 4 is 21.9 Å². The number of ether oxygens (including phenoxy) is 1. The molecule has 0 N–H and O–H groups in total. The second-order valence-corrected chi connectivity index (χ2v) is 6.38. The van der Waals surface area contributed by atoms with Crippen molar-refractivity contribution in [1.82, 2.24) is 9.55 Å². The van der Waals surface area contributed by atoms with Crippen LogP contribution in [-0.4, -0.2) is 22.6 Å². The van der Waals surface area contributed by atoms with E-state index < -0.39 is 0 Å². The third-order valence-electron chi connectivity index (χ3n) is 3.78. The van der Waals surface area contributed by atoms with Gasteiger partial charge in [0.15, 0.2) is 0 Å². The Labute approximate surface area is 149 Å². The molecule has 1 aromatic heterocycles. The quantitative estimate of drug-likeness (QED) is 0.622. The maximum absolute atomic E-state index is 11.7. The van der Waals surface area contributed by atoms with Gasteiger partial charge >= 0.3 is 5.97 Å². The van der Waals surface area contributed by atoms with Crippen molar-refractivity contribution in [3.05, 3.63) is 87.9 Å². The number of rotatable bonds is 5. The van der Waals surface area contributed by atoms with Gasteiger partial charge in [-0.2, -0.15) is 0 Å². The Morgan fingerprint density at radius 2 is 1.96 bits per heavy atom. The molecule has 0 aliphatic rings. The molecule has 0 radical (unpaired) electrons. The fourth-order valence-electron chi connectivity index (χ4n) is 2.55. The number of aromatic nitrogens is 2. The van der Waals surface area contributed by atoms with Crippen molar-refractivity contribution in [2.24, 2.45) is 0 Å². The predicted molar refractivity (Wildman–Crippen MR) is 96.1 cm³/mol. The average molecular weight is 385 g/mol. The van der Waals surface area contributed by atoms with E-state index in [0.29, 0.717) is 12.1 Å². The van der Waals surface area contributed by atoms with Crippen molar-refractivity contribution in [2.75, 3.05) is 7.11 Å². The maximum Gasteiger partial charge on any atom is 0.337 e. The number of methoxy groups -OCH3 is 1. The van der Waals surface area contributed by atoms with Gasteiger partial charge in [0.1, 0.15) is 5.82 Å². The van der Waals surface area contributed by atoms with E-state index in [4.69, 9.17) is 4.74 Å². The molecule has 5 heteroatoms. The summed E-state index contributed by atoms with van der Waals surface area (Å²) in [5.74, 6) is 0.665. The first-order chi connectivity index (χ1) is 11.7. The molecule has 24 heavy (non-hydrogen) atoms. The van der Waals surface area contributed by atoms with E-state index in [2.05, 4.69) is 37.6 Å². The zero-order valence-electron chi connectivity index (χ0n) is 13.3. The summed E-state index contributed by atoms with van der Waals surface area (Å²) < 4.78 is 7.94. The highest BCUT2D eigenvalue weighted by Gasteiger charge is 2.08. The van der Waals surface area contributed by atoms with Crippen LogP contribution in [0.2, 0.25) is 0 Å². The summed E-state index contributed by atoms with van der Waals surface area (Å²) in [4.78, 5) is 16.1. The Bertz CT molecular complexity index is 841. The number of nitrogens with zero attached hydrogens (tertiary/aromatic N) is 2. The summed E-state index contributed by atoms with van der Waals surface area (Å²) in [7, 11) is 1.39. The van der Waals surface area contributed by atoms with Gasteiger partial charge in [-0.3, -0.25) is 0 Å². The van der Waals surface area contributed by atoms with Crippen molar-refractivity contribution < 1.29 is 9.53 Å². The first-order valence-corrected chi connectivity index (χ1v) is 8.37. The van der Waals surface area contributed by atoms with Crippen LogP contribution in [0.25, 0.3) is 0 Å². The van der Waals surface area contributed by atoms with Crippen molar-refractivity contribution in [3.63, 3.8) is 0 Å². The number of imidazole rings is 1. The summed E-state index contributed by atoms with van der Waals surface area (Å²) >= 11 is 3.45. The molecule has 0 saturated heterocycles. The standard InChI is InChI=1S/C19H17BrN2O2/c1-24-19(23)16-4-2-3-15(11-16)13-22-10-9-21-18(22)12-14-5-7-17(20)8-6-14/h2-11H,12-13H2,1H3. The van der Waals surface area contributed by atoms with Crippen LogP contribution in [0.15, 0.2) is 65.4 Å². The van der Waals surface area contributed by atoms with Gasteiger partial charge in [-0.05, 0) is 35.4 Å². The third kappa shape index (κ3) is 3.92. The normalized spacial score (nSPS) is 10.6. The maximum atomic E-state index is 11.7. The highest BCUT2D eigenvalue weighted by molar-refractivity contribution is 9.10. The lowest BCUT2D eigenvalue weighted by Gasteiger charge is -2.09. The van der Waals surface area contributed by atoms with E-state index in [1.807, 2.05) is 36.5 Å². The van der Waals surface area contributed by atoms with E-state index in [-0.39, 0.29) is 5.97 Å². The third-order valence-corrected chi connectivity index (χ3v) is 4.31. The molecule has 3 rings (SSSR count). The van der Waals surface area contributed by atoms with Crippen LogP contribution in [0.4, 0.5) is 0 Å². The van der Waals surface area contributed by atoms with E-state index >= 15 is 0 Å². The molecule has 0 saturated carbocycles. The van der Waals surface area contributed by atoms with Crippen LogP contribution >= 0.6 is 15.9 Å². The average Bonchev–Trinajstić information content (AvgIpc) is 3.03. The number of benzene rings is 2. The lowest BCUT2D eigenvalue weighted by atomic mass is 10.1. The first-order valence-electron chi connectivity index (χ1n) is 7.57. The Hall–Kier alpha value is -2.40. The molecule has 0 fully saturated rings. The molecular weight excluding hydrogens is 368 g/mol. The molecule has 122 valence electrons. The first kappa shape index (κ1) is 16.5. The molecule has 0 atom stereocenters. The van der Waals surface area contributed by atoms with Crippen LogP contribution in [0.1, 0.15) is 27.3 Å². The van der Waals surface area contributed by atoms with Crippen LogP contribution in [0.3, 0.4) is 0 Å². The van der Waals surface area contributed by atoms with Gasteiger partial charge in [0.2, 0.25) is 0 Å². The molecule has 0 aliphatic heterocycles. The molecule has 4 nitrogen and oxygen atoms in total. The van der Waals surface area contributed by atoms with Gasteiger partial charge in [0, 0.05) is 29.8 Å². The molecular formula is C19H17BrN2O2. The van der Waals surface area contributed by atoms with Gasteiger partial charge < -0.3 is 9.30 Å². The number of hydrogen-bond acceptors (Lipinski definition) is 3. The van der Waals surface area contributed by atoms with E-state index in [0.717, 1.165) is 22.3 Å². The van der Waals surface area contributed by atoms with Gasteiger partial charge in [-0.1, -0.05) is 40.2 Å². The van der Waals surface area contributed by atoms with Crippen LogP contribution < -0.4 is 0 Å². The number of halogens is 1. The Morgan fingerprint density at radius 1 is 1.17 bits per heavy atom. The zero-order valence-corrected chi connectivity index (χ0v) is 14.9. The zero-order chi connectivity index (χ0) is 16.9. The number of hydrogen-bond donors (Lipinski definition) is 0. The minimum atomic E-state index is -0.322. The Morgan fingerprint density at radius 3 is 2.71 bits per heavy atom. The smallest absolute Gasteiger partial charge is 0.337 e. The Balaban J connectivity index is 1.78. The fourth-order valence-corrected chi connectivity index (χ4v) is 2.81. The SMILES string of the molecule is COC(=O)c1cccc(Cn2ccnc2Cc2ccc(Br)cc2)c1. The molecule has 0 aliphatic carbocycles. The molecule has 0 spiro atoms. The van der Waals surface area contributed by atoms with E-state index in [1.165, 1.54) is 12.7 Å². The summed E-state index contributed by atoms with van der Waals surface area (Å²) in [6.45, 7) is 0.663. The highest BCUT2D eigenvalue weighted by Crippen LogP contribution is 2.15. The molecule has 0 unspecified atom stereocenters. The van der Waals surface area contributed by atoms with Gasteiger partial charge in [0.05, 0.1) is 12.7 Å². The molecule has 0 amide bonds. The molecule has 0 bridgehead atoms. The summed E-state index contributed by atoms with van der Waals surface area (Å²) in [6.07, 6.45) is 4.52. The second-order valence-electron chi connectivity index (χ2n) is 5.47. The minimum Gasteiger partial charge on any atom is -0.465 e. The molecule has 3 aromatic rings. The summed E-state index contributed by atoms with van der Waals surface area (Å²) in [5.41, 5.74) is 2.80. The lowest BCUT2D eigenvalue weighted by Crippen LogP contribution is -2.07. The summed E-state index contributed by atoms with van der Waals surface area (Å²) in [5, 5.41) is 0. The summed E-state index contributed by atoms with van der Waals surface area (Å²) in [6, 6.07) is 15.7. The van der Waals surface area contributed by atoms with Crippen LogP contribution in [-0.2, 0) is 17.7 Å².